The summed E-state index contributed by atoms with van der Waals surface area (Å²) in [4.78, 5) is 2.07. The van der Waals surface area contributed by atoms with Gasteiger partial charge in [-0.2, -0.15) is 0 Å². The monoisotopic (exact) mass is 267 g/mol. The van der Waals surface area contributed by atoms with E-state index in [1.807, 2.05) is 38.2 Å². The fourth-order valence-corrected chi connectivity index (χ4v) is 1.52. The van der Waals surface area contributed by atoms with Gasteiger partial charge >= 0.3 is 0 Å². The summed E-state index contributed by atoms with van der Waals surface area (Å²) < 4.78 is 11.2. The minimum Gasteiger partial charge on any atom is -0.494 e. The van der Waals surface area contributed by atoms with Crippen molar-refractivity contribution in [1.82, 2.24) is 4.90 Å². The molecule has 0 fully saturated rings. The van der Waals surface area contributed by atoms with E-state index in [0.29, 0.717) is 6.61 Å². The van der Waals surface area contributed by atoms with Crippen LogP contribution in [-0.2, 0) is 0 Å². The summed E-state index contributed by atoms with van der Waals surface area (Å²) in [6.45, 7) is 6.37. The van der Waals surface area contributed by atoms with Crippen LogP contribution in [0.3, 0.4) is 0 Å². The molecule has 1 N–H and O–H groups in total. The van der Waals surface area contributed by atoms with Crippen molar-refractivity contribution in [1.29, 1.82) is 0 Å². The standard InChI is InChI=1S/C15H25NO3/c1-4-10-18-14-5-7-15(8-6-14)19-11-9-16(3)13(2)12-17/h5-8,13,17H,4,9-12H2,1-3H3. The molecule has 0 radical (unpaired) electrons. The molecule has 0 aliphatic heterocycles. The van der Waals surface area contributed by atoms with Crippen LogP contribution in [0.15, 0.2) is 24.3 Å². The van der Waals surface area contributed by atoms with E-state index < -0.39 is 0 Å². The van der Waals surface area contributed by atoms with Crippen LogP contribution >= 0.6 is 0 Å². The van der Waals surface area contributed by atoms with E-state index in [-0.39, 0.29) is 12.6 Å². The summed E-state index contributed by atoms with van der Waals surface area (Å²) in [5.74, 6) is 1.72. The van der Waals surface area contributed by atoms with Crippen LogP contribution in [0.1, 0.15) is 20.3 Å². The van der Waals surface area contributed by atoms with Gasteiger partial charge in [-0.3, -0.25) is 4.90 Å². The van der Waals surface area contributed by atoms with Crippen molar-refractivity contribution in [2.45, 2.75) is 26.3 Å². The quantitative estimate of drug-likeness (QED) is 0.744. The smallest absolute Gasteiger partial charge is 0.119 e. The number of hydrogen-bond donors (Lipinski definition) is 1. The summed E-state index contributed by atoms with van der Waals surface area (Å²) in [5.41, 5.74) is 0. The van der Waals surface area contributed by atoms with Crippen LogP contribution in [0.4, 0.5) is 0 Å². The van der Waals surface area contributed by atoms with E-state index in [9.17, 15) is 0 Å². The third-order valence-corrected chi connectivity index (χ3v) is 3.03. The van der Waals surface area contributed by atoms with Crippen LogP contribution < -0.4 is 9.47 Å². The summed E-state index contributed by atoms with van der Waals surface area (Å²) >= 11 is 0. The van der Waals surface area contributed by atoms with Crippen molar-refractivity contribution in [3.63, 3.8) is 0 Å². The first kappa shape index (κ1) is 15.8. The van der Waals surface area contributed by atoms with Crippen LogP contribution in [0, 0.1) is 0 Å². The fraction of sp³-hybridized carbons (Fsp3) is 0.600. The number of hydrogen-bond acceptors (Lipinski definition) is 4. The second-order valence-corrected chi connectivity index (χ2v) is 4.68. The molecule has 0 heterocycles. The molecule has 4 heteroatoms. The summed E-state index contributed by atoms with van der Waals surface area (Å²) in [5, 5.41) is 9.03. The number of aliphatic hydroxyl groups excluding tert-OH is 1. The number of rotatable bonds is 9. The van der Waals surface area contributed by atoms with Crippen LogP contribution in [0.25, 0.3) is 0 Å². The Bertz CT molecular complexity index is 340. The molecule has 1 aromatic rings. The van der Waals surface area contributed by atoms with E-state index in [1.165, 1.54) is 0 Å². The lowest BCUT2D eigenvalue weighted by Gasteiger charge is -2.22. The highest BCUT2D eigenvalue weighted by Gasteiger charge is 2.07. The zero-order chi connectivity index (χ0) is 14.1. The Hall–Kier alpha value is -1.26. The molecule has 1 rings (SSSR count). The first-order valence-corrected chi connectivity index (χ1v) is 6.84. The van der Waals surface area contributed by atoms with Gasteiger partial charge in [0.2, 0.25) is 0 Å². The minimum atomic E-state index is 0.161. The van der Waals surface area contributed by atoms with Gasteiger partial charge in [-0.15, -0.1) is 0 Å². The molecule has 1 unspecified atom stereocenters. The highest BCUT2D eigenvalue weighted by Crippen LogP contribution is 2.17. The van der Waals surface area contributed by atoms with Gasteiger partial charge < -0.3 is 14.6 Å². The molecule has 0 amide bonds. The molecule has 0 saturated carbocycles. The first-order valence-electron chi connectivity index (χ1n) is 6.84. The van der Waals surface area contributed by atoms with Gasteiger partial charge in [0.25, 0.3) is 0 Å². The van der Waals surface area contributed by atoms with Crippen molar-refractivity contribution in [2.24, 2.45) is 0 Å². The maximum atomic E-state index is 9.03. The van der Waals surface area contributed by atoms with Gasteiger partial charge in [-0.1, -0.05) is 6.92 Å². The van der Waals surface area contributed by atoms with Gasteiger partial charge in [0.05, 0.1) is 13.2 Å². The Labute approximate surface area is 115 Å². The third kappa shape index (κ3) is 5.94. The summed E-state index contributed by atoms with van der Waals surface area (Å²) in [6, 6.07) is 7.84. The van der Waals surface area contributed by atoms with Crippen LogP contribution in [-0.4, -0.2) is 49.5 Å². The zero-order valence-corrected chi connectivity index (χ0v) is 12.1. The van der Waals surface area contributed by atoms with Gasteiger partial charge in [0, 0.05) is 12.6 Å². The van der Waals surface area contributed by atoms with E-state index in [1.54, 1.807) is 0 Å². The highest BCUT2D eigenvalue weighted by atomic mass is 16.5. The molecule has 4 nitrogen and oxygen atoms in total. The van der Waals surface area contributed by atoms with Crippen molar-refractivity contribution < 1.29 is 14.6 Å². The number of likely N-dealkylation sites (N-methyl/N-ethyl adjacent to an activating group) is 1. The first-order chi connectivity index (χ1) is 9.17. The lowest BCUT2D eigenvalue weighted by Crippen LogP contribution is -2.35. The van der Waals surface area contributed by atoms with Gasteiger partial charge in [-0.05, 0) is 44.7 Å². The van der Waals surface area contributed by atoms with E-state index >= 15 is 0 Å². The average molecular weight is 267 g/mol. The normalized spacial score (nSPS) is 12.5. The Balaban J connectivity index is 2.29. The molecular formula is C15H25NO3. The van der Waals surface area contributed by atoms with Gasteiger partial charge in [0.15, 0.2) is 0 Å². The average Bonchev–Trinajstić information content (AvgIpc) is 2.45. The molecule has 19 heavy (non-hydrogen) atoms. The molecule has 0 bridgehead atoms. The van der Waals surface area contributed by atoms with Crippen molar-refractivity contribution in [3.05, 3.63) is 24.3 Å². The SMILES string of the molecule is CCCOc1ccc(OCCN(C)C(C)CO)cc1. The van der Waals surface area contributed by atoms with Crippen LogP contribution in [0.2, 0.25) is 0 Å². The Morgan fingerprint density at radius 3 is 2.11 bits per heavy atom. The zero-order valence-electron chi connectivity index (χ0n) is 12.1. The molecule has 108 valence electrons. The number of nitrogens with zero attached hydrogens (tertiary/aromatic N) is 1. The maximum absolute atomic E-state index is 9.03. The van der Waals surface area contributed by atoms with E-state index in [4.69, 9.17) is 14.6 Å². The molecular weight excluding hydrogens is 242 g/mol. The highest BCUT2D eigenvalue weighted by molar-refractivity contribution is 5.31. The predicted molar refractivity (Wildman–Crippen MR) is 76.9 cm³/mol. The molecule has 0 spiro atoms. The second-order valence-electron chi connectivity index (χ2n) is 4.68. The van der Waals surface area contributed by atoms with Crippen molar-refractivity contribution in [2.75, 3.05) is 33.4 Å². The lowest BCUT2D eigenvalue weighted by molar-refractivity contribution is 0.140. The summed E-state index contributed by atoms with van der Waals surface area (Å²) in [6.07, 6.45) is 1.01. The summed E-state index contributed by atoms with van der Waals surface area (Å²) in [7, 11) is 1.98. The molecule has 0 saturated heterocycles. The van der Waals surface area contributed by atoms with E-state index in [2.05, 4.69) is 11.8 Å². The predicted octanol–water partition coefficient (Wildman–Crippen LogP) is 2.17. The molecule has 0 aliphatic rings. The molecule has 1 atom stereocenters. The van der Waals surface area contributed by atoms with Crippen molar-refractivity contribution in [3.8, 4) is 11.5 Å². The lowest BCUT2D eigenvalue weighted by atomic mass is 10.3. The molecule has 0 aromatic heterocycles. The van der Waals surface area contributed by atoms with Crippen LogP contribution in [0.5, 0.6) is 11.5 Å². The Morgan fingerprint density at radius 1 is 1.11 bits per heavy atom. The molecule has 1 aromatic carbocycles. The minimum absolute atomic E-state index is 0.161. The number of benzene rings is 1. The maximum Gasteiger partial charge on any atom is 0.119 e. The van der Waals surface area contributed by atoms with Gasteiger partial charge in [0.1, 0.15) is 18.1 Å². The van der Waals surface area contributed by atoms with E-state index in [0.717, 1.165) is 31.1 Å². The molecule has 0 aliphatic carbocycles. The fourth-order valence-electron chi connectivity index (χ4n) is 1.52. The second kappa shape index (κ2) is 8.77. The largest absolute Gasteiger partial charge is 0.494 e. The van der Waals surface area contributed by atoms with Crippen molar-refractivity contribution >= 4 is 0 Å². The topological polar surface area (TPSA) is 41.9 Å². The number of ether oxygens (including phenoxy) is 2. The Morgan fingerprint density at radius 2 is 1.63 bits per heavy atom. The third-order valence-electron chi connectivity index (χ3n) is 3.03. The van der Waals surface area contributed by atoms with Gasteiger partial charge in [-0.25, -0.2) is 0 Å². The number of aliphatic hydroxyl groups is 1. The Kier molecular flexibility index (Phi) is 7.30.